The van der Waals surface area contributed by atoms with Crippen LogP contribution in [0.15, 0.2) is 4.52 Å². The highest BCUT2D eigenvalue weighted by Crippen LogP contribution is 2.35. The smallest absolute Gasteiger partial charge is 0.232 e. The van der Waals surface area contributed by atoms with E-state index in [-0.39, 0.29) is 5.41 Å². The third kappa shape index (κ3) is 2.82. The topological polar surface area (TPSA) is 60.2 Å². The Hall–Kier alpha value is -0.940. The molecule has 2 rings (SSSR count). The number of nitrogens with one attached hydrogen (secondary N) is 1. The number of rotatable bonds is 4. The molecule has 0 saturated carbocycles. The summed E-state index contributed by atoms with van der Waals surface area (Å²) in [5, 5.41) is 7.53. The van der Waals surface area contributed by atoms with Gasteiger partial charge in [-0.05, 0) is 45.7 Å². The molecular formula is C14H25N3O2. The van der Waals surface area contributed by atoms with Gasteiger partial charge in [-0.3, -0.25) is 0 Å². The summed E-state index contributed by atoms with van der Waals surface area (Å²) in [5.41, 5.74) is -0.620. The maximum Gasteiger partial charge on any atom is 0.232 e. The Balaban J connectivity index is 2.21. The van der Waals surface area contributed by atoms with E-state index < -0.39 is 5.60 Å². The lowest BCUT2D eigenvalue weighted by molar-refractivity contribution is 0.00973. The first-order valence-electron chi connectivity index (χ1n) is 6.98. The predicted molar refractivity (Wildman–Crippen MR) is 73.0 cm³/mol. The second-order valence-electron chi connectivity index (χ2n) is 6.40. The highest BCUT2D eigenvalue weighted by Gasteiger charge is 2.38. The minimum absolute atomic E-state index is 0.109. The average Bonchev–Trinajstić information content (AvgIpc) is 2.91. The molecule has 0 bridgehead atoms. The van der Waals surface area contributed by atoms with Crippen molar-refractivity contribution >= 4 is 0 Å². The molecule has 19 heavy (non-hydrogen) atoms. The lowest BCUT2D eigenvalue weighted by Crippen LogP contribution is -2.41. The van der Waals surface area contributed by atoms with Crippen LogP contribution >= 0.6 is 0 Å². The Kier molecular flexibility index (Phi) is 3.97. The van der Waals surface area contributed by atoms with Crippen LogP contribution in [-0.4, -0.2) is 30.3 Å². The Morgan fingerprint density at radius 2 is 2.05 bits per heavy atom. The minimum Gasteiger partial charge on any atom is -0.371 e. The van der Waals surface area contributed by atoms with Crippen molar-refractivity contribution < 1.29 is 9.26 Å². The summed E-state index contributed by atoms with van der Waals surface area (Å²) < 4.78 is 10.9. The highest BCUT2D eigenvalue weighted by atomic mass is 16.5. The number of hydrogen-bond acceptors (Lipinski definition) is 5. The summed E-state index contributed by atoms with van der Waals surface area (Å²) >= 11 is 0. The molecule has 0 amide bonds. The Labute approximate surface area is 115 Å². The molecule has 0 aromatic carbocycles. The summed E-state index contributed by atoms with van der Waals surface area (Å²) in [7, 11) is 1.66. The molecule has 1 aromatic rings. The molecule has 1 aliphatic heterocycles. The van der Waals surface area contributed by atoms with E-state index in [0.717, 1.165) is 13.1 Å². The Morgan fingerprint density at radius 3 is 2.63 bits per heavy atom. The molecule has 2 heterocycles. The predicted octanol–water partition coefficient (Wildman–Crippen LogP) is 2.23. The van der Waals surface area contributed by atoms with Gasteiger partial charge in [0.05, 0.1) is 0 Å². The molecular weight excluding hydrogens is 242 g/mol. The monoisotopic (exact) mass is 267 g/mol. The first-order chi connectivity index (χ1) is 8.88. The van der Waals surface area contributed by atoms with E-state index in [4.69, 9.17) is 9.26 Å². The molecule has 5 heteroatoms. The molecule has 1 aliphatic rings. The number of piperidine rings is 1. The lowest BCUT2D eigenvalue weighted by Gasteiger charge is -2.34. The zero-order valence-corrected chi connectivity index (χ0v) is 12.6. The number of hydrogen-bond donors (Lipinski definition) is 1. The normalized spacial score (nSPS) is 21.6. The van der Waals surface area contributed by atoms with Crippen molar-refractivity contribution in [3.63, 3.8) is 0 Å². The van der Waals surface area contributed by atoms with Gasteiger partial charge in [0.15, 0.2) is 0 Å². The fourth-order valence-corrected chi connectivity index (χ4v) is 2.46. The van der Waals surface area contributed by atoms with Crippen molar-refractivity contribution in [1.29, 1.82) is 0 Å². The van der Waals surface area contributed by atoms with Gasteiger partial charge in [-0.15, -0.1) is 0 Å². The van der Waals surface area contributed by atoms with Gasteiger partial charge in [0, 0.05) is 12.5 Å². The van der Waals surface area contributed by atoms with Crippen LogP contribution in [0.5, 0.6) is 0 Å². The average molecular weight is 267 g/mol. The third-order valence-corrected chi connectivity index (χ3v) is 4.34. The van der Waals surface area contributed by atoms with Gasteiger partial charge in [0.1, 0.15) is 5.60 Å². The molecule has 0 radical (unpaired) electrons. The lowest BCUT2D eigenvalue weighted by atomic mass is 9.75. The summed E-state index contributed by atoms with van der Waals surface area (Å²) in [5.74, 6) is 1.85. The van der Waals surface area contributed by atoms with E-state index in [1.54, 1.807) is 7.11 Å². The second kappa shape index (κ2) is 5.21. The maximum absolute atomic E-state index is 5.50. The first-order valence-corrected chi connectivity index (χ1v) is 6.98. The van der Waals surface area contributed by atoms with Gasteiger partial charge in [-0.2, -0.15) is 4.98 Å². The van der Waals surface area contributed by atoms with Crippen LogP contribution in [0.1, 0.15) is 52.3 Å². The quantitative estimate of drug-likeness (QED) is 0.906. The summed E-state index contributed by atoms with van der Waals surface area (Å²) in [6, 6.07) is 0. The molecule has 108 valence electrons. The maximum atomic E-state index is 5.50. The fraction of sp³-hybridized carbons (Fsp3) is 0.857. The van der Waals surface area contributed by atoms with E-state index in [9.17, 15) is 0 Å². The molecule has 0 spiro atoms. The summed E-state index contributed by atoms with van der Waals surface area (Å²) in [6.07, 6.45) is 2.41. The molecule has 1 unspecified atom stereocenters. The largest absolute Gasteiger partial charge is 0.371 e. The van der Waals surface area contributed by atoms with Crippen LogP contribution in [0.2, 0.25) is 0 Å². The van der Waals surface area contributed by atoms with Crippen LogP contribution in [-0.2, 0) is 15.8 Å². The van der Waals surface area contributed by atoms with Gasteiger partial charge in [-0.1, -0.05) is 19.0 Å². The fourth-order valence-electron chi connectivity index (χ4n) is 2.46. The van der Waals surface area contributed by atoms with Crippen molar-refractivity contribution in [2.45, 2.75) is 51.6 Å². The standard InChI is InChI=1S/C14H25N3O2/c1-13(2,10-7-6-8-15-9-10)12-16-11(17-19-12)14(3,4)18-5/h10,15H,6-9H2,1-5H3. The van der Waals surface area contributed by atoms with Crippen molar-refractivity contribution in [3.8, 4) is 0 Å². The zero-order valence-electron chi connectivity index (χ0n) is 12.6. The molecule has 5 nitrogen and oxygen atoms in total. The molecule has 1 N–H and O–H groups in total. The highest BCUT2D eigenvalue weighted by molar-refractivity contribution is 5.07. The first kappa shape index (κ1) is 14.5. The number of nitrogens with zero attached hydrogens (tertiary/aromatic N) is 2. The van der Waals surface area contributed by atoms with E-state index >= 15 is 0 Å². The van der Waals surface area contributed by atoms with Crippen LogP contribution in [0.4, 0.5) is 0 Å². The number of methoxy groups -OCH3 is 1. The molecule has 0 aliphatic carbocycles. The molecule has 1 fully saturated rings. The van der Waals surface area contributed by atoms with Crippen molar-refractivity contribution in [1.82, 2.24) is 15.5 Å². The minimum atomic E-state index is -0.511. The number of ether oxygens (including phenoxy) is 1. The van der Waals surface area contributed by atoms with Gasteiger partial charge in [0.2, 0.25) is 11.7 Å². The molecule has 1 saturated heterocycles. The van der Waals surface area contributed by atoms with E-state index in [0.29, 0.717) is 17.6 Å². The zero-order chi connectivity index (χ0) is 14.1. The van der Waals surface area contributed by atoms with Crippen molar-refractivity contribution in [2.75, 3.05) is 20.2 Å². The van der Waals surface area contributed by atoms with Crippen LogP contribution < -0.4 is 5.32 Å². The molecule has 1 atom stereocenters. The number of aromatic nitrogens is 2. The van der Waals surface area contributed by atoms with E-state index in [1.165, 1.54) is 12.8 Å². The van der Waals surface area contributed by atoms with E-state index in [1.807, 2.05) is 13.8 Å². The van der Waals surface area contributed by atoms with Crippen molar-refractivity contribution in [3.05, 3.63) is 11.7 Å². The van der Waals surface area contributed by atoms with Crippen LogP contribution in [0, 0.1) is 5.92 Å². The van der Waals surface area contributed by atoms with Crippen LogP contribution in [0.3, 0.4) is 0 Å². The van der Waals surface area contributed by atoms with Gasteiger partial charge in [0.25, 0.3) is 0 Å². The van der Waals surface area contributed by atoms with Gasteiger partial charge < -0.3 is 14.6 Å². The second-order valence-corrected chi connectivity index (χ2v) is 6.40. The third-order valence-electron chi connectivity index (χ3n) is 4.34. The Morgan fingerprint density at radius 1 is 1.32 bits per heavy atom. The van der Waals surface area contributed by atoms with Crippen LogP contribution in [0.25, 0.3) is 0 Å². The summed E-state index contributed by atoms with van der Waals surface area (Å²) in [6.45, 7) is 10.4. The van der Waals surface area contributed by atoms with E-state index in [2.05, 4.69) is 29.3 Å². The Bertz CT molecular complexity index is 420. The SMILES string of the molecule is COC(C)(C)c1noc(C(C)(C)C2CCCNC2)n1. The summed E-state index contributed by atoms with van der Waals surface area (Å²) in [4.78, 5) is 4.57. The van der Waals surface area contributed by atoms with Gasteiger partial charge in [-0.25, -0.2) is 0 Å². The van der Waals surface area contributed by atoms with Crippen molar-refractivity contribution in [2.24, 2.45) is 5.92 Å². The van der Waals surface area contributed by atoms with Gasteiger partial charge >= 0.3 is 0 Å². The molecule has 1 aromatic heterocycles.